The number of amides is 1. The van der Waals surface area contributed by atoms with Crippen LogP contribution in [-0.4, -0.2) is 16.1 Å². The highest BCUT2D eigenvalue weighted by atomic mass is 32.1. The predicted octanol–water partition coefficient (Wildman–Crippen LogP) is 4.40. The lowest BCUT2D eigenvalue weighted by Gasteiger charge is -2.55. The van der Waals surface area contributed by atoms with Crippen LogP contribution in [0.5, 0.6) is 0 Å². The summed E-state index contributed by atoms with van der Waals surface area (Å²) in [4.78, 5) is 12.3. The van der Waals surface area contributed by atoms with Gasteiger partial charge in [0.05, 0.1) is 5.56 Å². The maximum atomic E-state index is 13.8. The molecule has 4 bridgehead atoms. The number of anilines is 1. The van der Waals surface area contributed by atoms with Crippen LogP contribution in [0, 0.1) is 23.6 Å². The SMILES string of the molecule is O=C(Nc1nnc(C23CC4CC(CC(C4)C2)C3)s1)c1ccccc1F. The Hall–Kier alpha value is -1.82. The van der Waals surface area contributed by atoms with Crippen molar-refractivity contribution in [3.8, 4) is 0 Å². The molecule has 1 amide bonds. The second kappa shape index (κ2) is 5.59. The van der Waals surface area contributed by atoms with E-state index in [4.69, 9.17) is 0 Å². The highest BCUT2D eigenvalue weighted by molar-refractivity contribution is 7.15. The molecule has 4 nitrogen and oxygen atoms in total. The summed E-state index contributed by atoms with van der Waals surface area (Å²) < 4.78 is 13.8. The van der Waals surface area contributed by atoms with Crippen molar-refractivity contribution >= 4 is 22.4 Å². The van der Waals surface area contributed by atoms with Crippen molar-refractivity contribution in [1.82, 2.24) is 10.2 Å². The first kappa shape index (κ1) is 15.4. The first-order chi connectivity index (χ1) is 12.1. The molecule has 25 heavy (non-hydrogen) atoms. The van der Waals surface area contributed by atoms with E-state index >= 15 is 0 Å². The fraction of sp³-hybridized carbons (Fsp3) is 0.526. The molecule has 0 spiro atoms. The van der Waals surface area contributed by atoms with E-state index in [2.05, 4.69) is 15.5 Å². The molecular formula is C19H20FN3OS. The van der Waals surface area contributed by atoms with Gasteiger partial charge in [0, 0.05) is 5.41 Å². The topological polar surface area (TPSA) is 54.9 Å². The third kappa shape index (κ3) is 2.58. The van der Waals surface area contributed by atoms with Gasteiger partial charge in [-0.15, -0.1) is 10.2 Å². The van der Waals surface area contributed by atoms with Gasteiger partial charge < -0.3 is 0 Å². The zero-order chi connectivity index (χ0) is 17.0. The van der Waals surface area contributed by atoms with Crippen LogP contribution >= 0.6 is 11.3 Å². The van der Waals surface area contributed by atoms with E-state index in [9.17, 15) is 9.18 Å². The third-order valence-electron chi connectivity index (χ3n) is 6.26. The Morgan fingerprint density at radius 3 is 2.36 bits per heavy atom. The minimum Gasteiger partial charge on any atom is -0.296 e. The third-order valence-corrected chi connectivity index (χ3v) is 7.34. The van der Waals surface area contributed by atoms with Crippen molar-refractivity contribution in [2.24, 2.45) is 17.8 Å². The number of hydrogen-bond donors (Lipinski definition) is 1. The van der Waals surface area contributed by atoms with Gasteiger partial charge in [-0.3, -0.25) is 10.1 Å². The van der Waals surface area contributed by atoms with E-state index in [0.717, 1.165) is 22.8 Å². The van der Waals surface area contributed by atoms with E-state index < -0.39 is 11.7 Å². The summed E-state index contributed by atoms with van der Waals surface area (Å²) in [7, 11) is 0. The standard InChI is InChI=1S/C19H20FN3OS/c20-15-4-2-1-3-14(15)16(24)21-18-23-22-17(25-18)19-8-11-5-12(9-19)7-13(6-11)10-19/h1-4,11-13H,5-10H2,(H,21,23,24). The molecule has 6 rings (SSSR count). The molecule has 0 aliphatic heterocycles. The predicted molar refractivity (Wildman–Crippen MR) is 94.1 cm³/mol. The summed E-state index contributed by atoms with van der Waals surface area (Å²) in [6.07, 6.45) is 7.80. The van der Waals surface area contributed by atoms with Crippen LogP contribution in [0.3, 0.4) is 0 Å². The number of hydrogen-bond acceptors (Lipinski definition) is 4. The zero-order valence-corrected chi connectivity index (χ0v) is 14.7. The maximum Gasteiger partial charge on any atom is 0.260 e. The first-order valence-electron chi connectivity index (χ1n) is 9.01. The smallest absolute Gasteiger partial charge is 0.260 e. The molecule has 2 aromatic rings. The summed E-state index contributed by atoms with van der Waals surface area (Å²) in [5.74, 6) is 1.53. The van der Waals surface area contributed by atoms with Gasteiger partial charge in [-0.2, -0.15) is 0 Å². The number of carbonyl (C=O) groups excluding carboxylic acids is 1. The fourth-order valence-corrected chi connectivity index (χ4v) is 6.63. The van der Waals surface area contributed by atoms with Crippen LogP contribution in [0.1, 0.15) is 53.9 Å². The normalized spacial score (nSPS) is 32.8. The molecule has 4 saturated carbocycles. The van der Waals surface area contributed by atoms with E-state index in [0.29, 0.717) is 5.13 Å². The number of aromatic nitrogens is 2. The lowest BCUT2D eigenvalue weighted by atomic mass is 9.50. The molecule has 1 heterocycles. The molecule has 1 N–H and O–H groups in total. The zero-order valence-electron chi connectivity index (χ0n) is 13.9. The number of nitrogens with zero attached hydrogens (tertiary/aromatic N) is 2. The lowest BCUT2D eigenvalue weighted by Crippen LogP contribution is -2.48. The highest BCUT2D eigenvalue weighted by Crippen LogP contribution is 2.61. The van der Waals surface area contributed by atoms with E-state index in [1.807, 2.05) is 0 Å². The van der Waals surface area contributed by atoms with Gasteiger partial charge >= 0.3 is 0 Å². The van der Waals surface area contributed by atoms with Gasteiger partial charge in [-0.25, -0.2) is 4.39 Å². The summed E-state index contributed by atoms with van der Waals surface area (Å²) in [5, 5.41) is 12.9. The minimum absolute atomic E-state index is 0.0362. The van der Waals surface area contributed by atoms with Gasteiger partial charge in [-0.05, 0) is 68.4 Å². The van der Waals surface area contributed by atoms with Gasteiger partial charge in [0.15, 0.2) is 0 Å². The van der Waals surface area contributed by atoms with Crippen molar-refractivity contribution < 1.29 is 9.18 Å². The van der Waals surface area contributed by atoms with Gasteiger partial charge in [0.25, 0.3) is 5.91 Å². The minimum atomic E-state index is -0.522. The van der Waals surface area contributed by atoms with Gasteiger partial charge in [0.2, 0.25) is 5.13 Å². The van der Waals surface area contributed by atoms with E-state index in [1.54, 1.807) is 12.1 Å². The molecule has 0 atom stereocenters. The van der Waals surface area contributed by atoms with Crippen LogP contribution in [0.25, 0.3) is 0 Å². The molecule has 6 heteroatoms. The van der Waals surface area contributed by atoms with Gasteiger partial charge in [-0.1, -0.05) is 23.5 Å². The van der Waals surface area contributed by atoms with Crippen molar-refractivity contribution in [3.63, 3.8) is 0 Å². The van der Waals surface area contributed by atoms with Crippen LogP contribution < -0.4 is 5.32 Å². The highest BCUT2D eigenvalue weighted by Gasteiger charge is 2.53. The summed E-state index contributed by atoms with van der Waals surface area (Å²) in [6.45, 7) is 0. The Bertz CT molecular complexity index is 798. The second-order valence-corrected chi connectivity index (χ2v) is 9.02. The molecular weight excluding hydrogens is 337 g/mol. The van der Waals surface area contributed by atoms with Crippen molar-refractivity contribution in [2.45, 2.75) is 43.9 Å². The molecule has 0 radical (unpaired) electrons. The van der Waals surface area contributed by atoms with Crippen LogP contribution in [-0.2, 0) is 5.41 Å². The van der Waals surface area contributed by atoms with Crippen molar-refractivity contribution in [3.05, 3.63) is 40.7 Å². The van der Waals surface area contributed by atoms with E-state index in [1.165, 1.54) is 62.0 Å². The maximum absolute atomic E-state index is 13.8. The summed E-state index contributed by atoms with van der Waals surface area (Å²) in [6, 6.07) is 5.99. The van der Waals surface area contributed by atoms with Crippen LogP contribution in [0.4, 0.5) is 9.52 Å². The molecule has 4 fully saturated rings. The van der Waals surface area contributed by atoms with Gasteiger partial charge in [0.1, 0.15) is 10.8 Å². The summed E-state index contributed by atoms with van der Waals surface area (Å²) >= 11 is 1.47. The van der Waals surface area contributed by atoms with Crippen molar-refractivity contribution in [1.29, 1.82) is 0 Å². The molecule has 1 aromatic carbocycles. The number of carbonyl (C=O) groups is 1. The molecule has 4 aliphatic carbocycles. The number of benzene rings is 1. The Kier molecular flexibility index (Phi) is 3.45. The lowest BCUT2D eigenvalue weighted by molar-refractivity contribution is -0.00555. The average molecular weight is 357 g/mol. The molecule has 130 valence electrons. The van der Waals surface area contributed by atoms with Crippen LogP contribution in [0.15, 0.2) is 24.3 Å². The number of nitrogens with one attached hydrogen (secondary N) is 1. The first-order valence-corrected chi connectivity index (χ1v) is 9.83. The largest absolute Gasteiger partial charge is 0.296 e. The molecule has 4 aliphatic rings. The van der Waals surface area contributed by atoms with E-state index in [-0.39, 0.29) is 11.0 Å². The Morgan fingerprint density at radius 2 is 1.72 bits per heavy atom. The fourth-order valence-electron chi connectivity index (χ4n) is 5.67. The number of halogens is 1. The van der Waals surface area contributed by atoms with Crippen molar-refractivity contribution in [2.75, 3.05) is 5.32 Å². The Morgan fingerprint density at radius 1 is 1.08 bits per heavy atom. The summed E-state index contributed by atoms with van der Waals surface area (Å²) in [5.41, 5.74) is 0.210. The molecule has 0 unspecified atom stereocenters. The Balaban J connectivity index is 1.38. The monoisotopic (exact) mass is 357 g/mol. The molecule has 1 aromatic heterocycles. The number of rotatable bonds is 3. The molecule has 0 saturated heterocycles. The Labute approximate surface area is 149 Å². The average Bonchev–Trinajstić information content (AvgIpc) is 3.03. The van der Waals surface area contributed by atoms with Crippen LogP contribution in [0.2, 0.25) is 0 Å². The second-order valence-electron chi connectivity index (χ2n) is 8.04. The quantitative estimate of drug-likeness (QED) is 0.886.